The van der Waals surface area contributed by atoms with Crippen molar-refractivity contribution in [2.24, 2.45) is 0 Å². The average molecular weight is 349 g/mol. The average Bonchev–Trinajstić information content (AvgIpc) is 2.56. The lowest BCUT2D eigenvalue weighted by Crippen LogP contribution is -2.36. The van der Waals surface area contributed by atoms with Crippen molar-refractivity contribution in [1.82, 2.24) is 4.90 Å². The van der Waals surface area contributed by atoms with Gasteiger partial charge in [-0.25, -0.2) is 0 Å². The SMILES string of the molecule is CCOC(=O)CCCN1C=COC(C2=C(OC(C)=O)C=CC(=O)C2)C1. The first kappa shape index (κ1) is 18.8. The van der Waals surface area contributed by atoms with Crippen LogP contribution in [0.15, 0.2) is 35.9 Å². The summed E-state index contributed by atoms with van der Waals surface area (Å²) in [6, 6.07) is 0. The summed E-state index contributed by atoms with van der Waals surface area (Å²) in [6.45, 7) is 4.66. The maximum Gasteiger partial charge on any atom is 0.308 e. The largest absolute Gasteiger partial charge is 0.490 e. The van der Waals surface area contributed by atoms with Gasteiger partial charge in [0.15, 0.2) is 5.78 Å². The maximum absolute atomic E-state index is 11.7. The second-order valence-corrected chi connectivity index (χ2v) is 5.77. The molecule has 0 amide bonds. The molecule has 0 radical (unpaired) electrons. The van der Waals surface area contributed by atoms with E-state index < -0.39 is 5.97 Å². The molecule has 0 bridgehead atoms. The highest BCUT2D eigenvalue weighted by atomic mass is 16.5. The van der Waals surface area contributed by atoms with E-state index >= 15 is 0 Å². The Morgan fingerprint density at radius 3 is 2.88 bits per heavy atom. The Balaban J connectivity index is 1.97. The predicted molar refractivity (Wildman–Crippen MR) is 89.0 cm³/mol. The van der Waals surface area contributed by atoms with E-state index in [0.717, 1.165) is 0 Å². The van der Waals surface area contributed by atoms with Crippen molar-refractivity contribution in [3.05, 3.63) is 35.9 Å². The number of carbonyl (C=O) groups excluding carboxylic acids is 3. The fourth-order valence-corrected chi connectivity index (χ4v) is 2.69. The molecule has 0 spiro atoms. The van der Waals surface area contributed by atoms with Crippen molar-refractivity contribution in [1.29, 1.82) is 0 Å². The van der Waals surface area contributed by atoms with E-state index in [1.54, 1.807) is 19.4 Å². The number of esters is 2. The molecule has 7 nitrogen and oxygen atoms in total. The molecule has 136 valence electrons. The van der Waals surface area contributed by atoms with Crippen molar-refractivity contribution in [3.63, 3.8) is 0 Å². The Morgan fingerprint density at radius 1 is 1.36 bits per heavy atom. The molecule has 0 fully saturated rings. The number of carbonyl (C=O) groups is 3. The quantitative estimate of drug-likeness (QED) is 0.649. The fraction of sp³-hybridized carbons (Fsp3) is 0.500. The second kappa shape index (κ2) is 9.05. The van der Waals surface area contributed by atoms with Gasteiger partial charge in [0, 0.05) is 38.1 Å². The Morgan fingerprint density at radius 2 is 2.16 bits per heavy atom. The zero-order valence-corrected chi connectivity index (χ0v) is 14.5. The number of ketones is 1. The summed E-state index contributed by atoms with van der Waals surface area (Å²) in [5, 5.41) is 0. The molecular formula is C18H23NO6. The van der Waals surface area contributed by atoms with Crippen molar-refractivity contribution < 1.29 is 28.6 Å². The number of nitrogens with zero attached hydrogens (tertiary/aromatic N) is 1. The number of hydrogen-bond acceptors (Lipinski definition) is 7. The van der Waals surface area contributed by atoms with Crippen molar-refractivity contribution >= 4 is 17.7 Å². The molecule has 0 saturated heterocycles. The van der Waals surface area contributed by atoms with E-state index in [2.05, 4.69) is 0 Å². The third-order valence-electron chi connectivity index (χ3n) is 3.79. The Bertz CT molecular complexity index is 619. The summed E-state index contributed by atoms with van der Waals surface area (Å²) in [4.78, 5) is 36.4. The summed E-state index contributed by atoms with van der Waals surface area (Å²) in [6.07, 6.45) is 7.06. The van der Waals surface area contributed by atoms with Crippen LogP contribution in [0.2, 0.25) is 0 Å². The molecule has 1 heterocycles. The van der Waals surface area contributed by atoms with Gasteiger partial charge >= 0.3 is 11.9 Å². The van der Waals surface area contributed by atoms with Gasteiger partial charge in [0.05, 0.1) is 19.4 Å². The molecule has 1 unspecified atom stereocenters. The van der Waals surface area contributed by atoms with Crippen LogP contribution in [0.1, 0.15) is 33.1 Å². The maximum atomic E-state index is 11.7. The number of allylic oxidation sites excluding steroid dienone is 2. The van der Waals surface area contributed by atoms with Gasteiger partial charge in [-0.15, -0.1) is 0 Å². The van der Waals surface area contributed by atoms with Crippen LogP contribution in [0.5, 0.6) is 0 Å². The smallest absolute Gasteiger partial charge is 0.308 e. The summed E-state index contributed by atoms with van der Waals surface area (Å²) < 4.78 is 15.7. The summed E-state index contributed by atoms with van der Waals surface area (Å²) in [5.41, 5.74) is 0.655. The van der Waals surface area contributed by atoms with Crippen LogP contribution in [0.25, 0.3) is 0 Å². The van der Waals surface area contributed by atoms with Crippen LogP contribution in [0.4, 0.5) is 0 Å². The lowest BCUT2D eigenvalue weighted by molar-refractivity contribution is -0.143. The van der Waals surface area contributed by atoms with Gasteiger partial charge in [-0.2, -0.15) is 0 Å². The highest BCUT2D eigenvalue weighted by molar-refractivity contribution is 5.93. The lowest BCUT2D eigenvalue weighted by atomic mass is 9.96. The molecular weight excluding hydrogens is 326 g/mol. The third-order valence-corrected chi connectivity index (χ3v) is 3.79. The molecule has 0 N–H and O–H groups in total. The lowest BCUT2D eigenvalue weighted by Gasteiger charge is -2.32. The Hall–Kier alpha value is -2.57. The normalized spacial score (nSPS) is 19.7. The summed E-state index contributed by atoms with van der Waals surface area (Å²) in [5.74, 6) is -0.333. The van der Waals surface area contributed by atoms with Gasteiger partial charge in [-0.1, -0.05) is 0 Å². The summed E-state index contributed by atoms with van der Waals surface area (Å²) >= 11 is 0. The minimum atomic E-state index is -0.441. The molecule has 0 aromatic heterocycles. The molecule has 0 aromatic rings. The first-order chi connectivity index (χ1) is 12.0. The van der Waals surface area contributed by atoms with Gasteiger partial charge in [0.25, 0.3) is 0 Å². The fourth-order valence-electron chi connectivity index (χ4n) is 2.69. The Labute approximate surface area is 146 Å². The van der Waals surface area contributed by atoms with Gasteiger partial charge in [-0.05, 0) is 25.5 Å². The van der Waals surface area contributed by atoms with E-state index in [9.17, 15) is 14.4 Å². The van der Waals surface area contributed by atoms with Crippen LogP contribution in [0.3, 0.4) is 0 Å². The monoisotopic (exact) mass is 349 g/mol. The van der Waals surface area contributed by atoms with Gasteiger partial charge in [0.1, 0.15) is 11.9 Å². The first-order valence-electron chi connectivity index (χ1n) is 8.33. The van der Waals surface area contributed by atoms with Crippen LogP contribution in [0, 0.1) is 0 Å². The summed E-state index contributed by atoms with van der Waals surface area (Å²) in [7, 11) is 0. The van der Waals surface area contributed by atoms with Gasteiger partial charge in [-0.3, -0.25) is 14.4 Å². The molecule has 7 heteroatoms. The number of ether oxygens (including phenoxy) is 3. The van der Waals surface area contributed by atoms with Crippen molar-refractivity contribution in [2.75, 3.05) is 19.7 Å². The van der Waals surface area contributed by atoms with Crippen molar-refractivity contribution in [3.8, 4) is 0 Å². The molecule has 2 aliphatic rings. The Kier molecular flexibility index (Phi) is 6.80. The molecule has 2 rings (SSSR count). The van der Waals surface area contributed by atoms with E-state index in [1.165, 1.54) is 19.1 Å². The van der Waals surface area contributed by atoms with Crippen LogP contribution < -0.4 is 0 Å². The first-order valence-corrected chi connectivity index (χ1v) is 8.33. The van der Waals surface area contributed by atoms with Gasteiger partial charge in [0.2, 0.25) is 0 Å². The number of rotatable bonds is 7. The minimum absolute atomic E-state index is 0.0575. The minimum Gasteiger partial charge on any atom is -0.490 e. The van der Waals surface area contributed by atoms with E-state index in [-0.39, 0.29) is 24.3 Å². The van der Waals surface area contributed by atoms with E-state index in [4.69, 9.17) is 14.2 Å². The second-order valence-electron chi connectivity index (χ2n) is 5.77. The number of hydrogen-bond donors (Lipinski definition) is 0. The van der Waals surface area contributed by atoms with Crippen LogP contribution in [-0.4, -0.2) is 48.4 Å². The molecule has 1 atom stereocenters. The van der Waals surface area contributed by atoms with E-state index in [0.29, 0.717) is 43.9 Å². The topological polar surface area (TPSA) is 82.1 Å². The predicted octanol–water partition coefficient (Wildman–Crippen LogP) is 1.85. The van der Waals surface area contributed by atoms with E-state index in [1.807, 2.05) is 4.90 Å². The zero-order valence-electron chi connectivity index (χ0n) is 14.5. The third kappa shape index (κ3) is 5.77. The highest BCUT2D eigenvalue weighted by Crippen LogP contribution is 2.26. The van der Waals surface area contributed by atoms with Crippen LogP contribution >= 0.6 is 0 Å². The van der Waals surface area contributed by atoms with Gasteiger partial charge < -0.3 is 19.1 Å². The zero-order chi connectivity index (χ0) is 18.2. The highest BCUT2D eigenvalue weighted by Gasteiger charge is 2.28. The molecule has 0 saturated carbocycles. The molecule has 1 aliphatic heterocycles. The molecule has 1 aliphatic carbocycles. The van der Waals surface area contributed by atoms with Crippen LogP contribution in [-0.2, 0) is 28.6 Å². The molecule has 0 aromatic carbocycles. The van der Waals surface area contributed by atoms with Crippen molar-refractivity contribution in [2.45, 2.75) is 39.2 Å². The standard InChI is InChI=1S/C18H23NO6/c1-3-23-18(22)5-4-8-19-9-10-24-17(12-19)15-11-14(21)6-7-16(15)25-13(2)20/h6-7,9-10,17H,3-5,8,11-12H2,1-2H3. The molecule has 25 heavy (non-hydrogen) atoms.